The molecule has 4 heteroatoms. The number of fused-ring (bicyclic) bond motifs is 3. The van der Waals surface area contributed by atoms with Crippen LogP contribution in [0.15, 0.2) is 42.5 Å². The fourth-order valence-corrected chi connectivity index (χ4v) is 3.48. The Bertz CT molecular complexity index is 924. The van der Waals surface area contributed by atoms with Gasteiger partial charge in [0, 0.05) is 25.1 Å². The minimum Gasteiger partial charge on any atom is -0.348 e. The summed E-state index contributed by atoms with van der Waals surface area (Å²) in [5.41, 5.74) is 5.05. The van der Waals surface area contributed by atoms with Crippen LogP contribution in [0.2, 0.25) is 0 Å². The molecule has 0 saturated carbocycles. The predicted octanol–water partition coefficient (Wildman–Crippen LogP) is 3.86. The van der Waals surface area contributed by atoms with E-state index in [4.69, 9.17) is 4.98 Å². The molecule has 0 spiro atoms. The second-order valence-corrected chi connectivity index (χ2v) is 7.15. The highest BCUT2D eigenvalue weighted by Gasteiger charge is 2.19. The Morgan fingerprint density at radius 2 is 2.04 bits per heavy atom. The molecule has 0 saturated heterocycles. The summed E-state index contributed by atoms with van der Waals surface area (Å²) >= 11 is 0. The van der Waals surface area contributed by atoms with Crippen molar-refractivity contribution in [1.29, 1.82) is 0 Å². The van der Waals surface area contributed by atoms with Crippen molar-refractivity contribution >= 4 is 16.9 Å². The van der Waals surface area contributed by atoms with Gasteiger partial charge in [0.25, 0.3) is 5.91 Å². The van der Waals surface area contributed by atoms with Crippen LogP contribution in [0.25, 0.3) is 11.0 Å². The number of hydrogen-bond donors (Lipinski definition) is 1. The third-order valence-electron chi connectivity index (χ3n) is 5.04. The van der Waals surface area contributed by atoms with Crippen LogP contribution in [-0.2, 0) is 19.5 Å². The van der Waals surface area contributed by atoms with Gasteiger partial charge in [-0.3, -0.25) is 4.79 Å². The van der Waals surface area contributed by atoms with Gasteiger partial charge < -0.3 is 9.88 Å². The van der Waals surface area contributed by atoms with Crippen LogP contribution in [0.4, 0.5) is 0 Å². The maximum atomic E-state index is 12.5. The van der Waals surface area contributed by atoms with E-state index in [1.807, 2.05) is 30.3 Å². The fraction of sp³-hybridized carbons (Fsp3) is 0.333. The van der Waals surface area contributed by atoms with Crippen molar-refractivity contribution in [2.75, 3.05) is 0 Å². The van der Waals surface area contributed by atoms with Gasteiger partial charge in [-0.2, -0.15) is 0 Å². The Kier molecular flexibility index (Phi) is 4.04. The summed E-state index contributed by atoms with van der Waals surface area (Å²) < 4.78 is 2.29. The smallest absolute Gasteiger partial charge is 0.251 e. The lowest BCUT2D eigenvalue weighted by molar-refractivity contribution is 0.0951. The van der Waals surface area contributed by atoms with Gasteiger partial charge >= 0.3 is 0 Å². The van der Waals surface area contributed by atoms with Crippen LogP contribution >= 0.6 is 0 Å². The molecular weight excluding hydrogens is 310 g/mol. The molecule has 0 aliphatic carbocycles. The lowest BCUT2D eigenvalue weighted by Crippen LogP contribution is -2.22. The second kappa shape index (κ2) is 6.36. The number of nitrogens with zero attached hydrogens (tertiary/aromatic N) is 2. The van der Waals surface area contributed by atoms with Crippen LogP contribution in [0.3, 0.4) is 0 Å². The maximum absolute atomic E-state index is 12.5. The molecule has 1 atom stereocenters. The average molecular weight is 333 g/mol. The zero-order valence-electron chi connectivity index (χ0n) is 14.7. The first-order chi connectivity index (χ1) is 12.1. The highest BCUT2D eigenvalue weighted by atomic mass is 16.1. The highest BCUT2D eigenvalue weighted by Crippen LogP contribution is 2.25. The molecule has 3 aromatic rings. The summed E-state index contributed by atoms with van der Waals surface area (Å²) in [4.78, 5) is 17.2. The van der Waals surface area contributed by atoms with Crippen LogP contribution in [0.1, 0.15) is 40.7 Å². The number of nitrogens with one attached hydrogen (secondary N) is 1. The quantitative estimate of drug-likeness (QED) is 0.791. The molecule has 2 heterocycles. The van der Waals surface area contributed by atoms with Crippen molar-refractivity contribution in [1.82, 2.24) is 14.9 Å². The van der Waals surface area contributed by atoms with Crippen molar-refractivity contribution in [3.8, 4) is 0 Å². The average Bonchev–Trinajstić information content (AvgIpc) is 2.97. The van der Waals surface area contributed by atoms with E-state index in [9.17, 15) is 4.79 Å². The van der Waals surface area contributed by atoms with E-state index in [0.717, 1.165) is 35.4 Å². The Hall–Kier alpha value is -2.62. The first kappa shape index (κ1) is 15.9. The first-order valence-corrected chi connectivity index (χ1v) is 8.93. The van der Waals surface area contributed by atoms with E-state index >= 15 is 0 Å². The number of aromatic nitrogens is 2. The van der Waals surface area contributed by atoms with Crippen molar-refractivity contribution in [3.05, 3.63) is 65.0 Å². The first-order valence-electron chi connectivity index (χ1n) is 8.93. The molecule has 0 fully saturated rings. The third-order valence-corrected chi connectivity index (χ3v) is 5.04. The Morgan fingerprint density at radius 3 is 2.84 bits per heavy atom. The second-order valence-electron chi connectivity index (χ2n) is 7.15. The molecule has 25 heavy (non-hydrogen) atoms. The van der Waals surface area contributed by atoms with Crippen molar-refractivity contribution in [2.24, 2.45) is 5.92 Å². The Morgan fingerprint density at radius 1 is 1.24 bits per heavy atom. The zero-order valence-corrected chi connectivity index (χ0v) is 14.7. The summed E-state index contributed by atoms with van der Waals surface area (Å²) in [5.74, 6) is 1.77. The number of carbonyl (C=O) groups is 1. The van der Waals surface area contributed by atoms with E-state index < -0.39 is 0 Å². The number of aryl methyl sites for hydroxylation is 2. The van der Waals surface area contributed by atoms with Crippen molar-refractivity contribution in [3.63, 3.8) is 0 Å². The standard InChI is InChI=1S/C21H23N3O/c1-14-3-5-16(6-4-14)13-22-21(25)17-7-8-19-18(12-17)23-20-11-15(2)9-10-24(19)20/h3-8,12,15H,9-11,13H2,1-2H3,(H,22,25)/t15-/m0/s1. The largest absolute Gasteiger partial charge is 0.348 e. The van der Waals surface area contributed by atoms with Gasteiger partial charge in [0.05, 0.1) is 11.0 Å². The number of benzene rings is 2. The molecular formula is C21H23N3O. The molecule has 0 unspecified atom stereocenters. The number of carbonyl (C=O) groups excluding carboxylic acids is 1. The maximum Gasteiger partial charge on any atom is 0.251 e. The lowest BCUT2D eigenvalue weighted by Gasteiger charge is -2.19. The Labute approximate surface area is 147 Å². The topological polar surface area (TPSA) is 46.9 Å². The summed E-state index contributed by atoms with van der Waals surface area (Å²) in [6.45, 7) is 5.88. The summed E-state index contributed by atoms with van der Waals surface area (Å²) in [5, 5.41) is 2.99. The number of amides is 1. The summed E-state index contributed by atoms with van der Waals surface area (Å²) in [7, 11) is 0. The van der Waals surface area contributed by atoms with Crippen LogP contribution in [0.5, 0.6) is 0 Å². The van der Waals surface area contributed by atoms with Gasteiger partial charge in [0.1, 0.15) is 5.82 Å². The number of imidazole rings is 1. The van der Waals surface area contributed by atoms with Gasteiger partial charge in [0.15, 0.2) is 0 Å². The Balaban J connectivity index is 1.53. The number of hydrogen-bond acceptors (Lipinski definition) is 2. The minimum atomic E-state index is -0.0539. The molecule has 1 N–H and O–H groups in total. The van der Waals surface area contributed by atoms with Crippen LogP contribution in [0, 0.1) is 12.8 Å². The molecule has 4 nitrogen and oxygen atoms in total. The molecule has 0 bridgehead atoms. The number of rotatable bonds is 3. The summed E-state index contributed by atoms with van der Waals surface area (Å²) in [6, 6.07) is 14.1. The van der Waals surface area contributed by atoms with E-state index in [0.29, 0.717) is 18.0 Å². The third kappa shape index (κ3) is 3.16. The van der Waals surface area contributed by atoms with Crippen LogP contribution < -0.4 is 5.32 Å². The van der Waals surface area contributed by atoms with E-state index in [1.54, 1.807) is 0 Å². The molecule has 128 valence electrons. The lowest BCUT2D eigenvalue weighted by atomic mass is 10.0. The van der Waals surface area contributed by atoms with Gasteiger partial charge in [-0.25, -0.2) is 4.98 Å². The van der Waals surface area contributed by atoms with E-state index in [1.165, 1.54) is 12.0 Å². The van der Waals surface area contributed by atoms with Gasteiger partial charge in [0.2, 0.25) is 0 Å². The van der Waals surface area contributed by atoms with Crippen molar-refractivity contribution in [2.45, 2.75) is 39.8 Å². The molecule has 1 aromatic heterocycles. The van der Waals surface area contributed by atoms with Gasteiger partial charge in [-0.1, -0.05) is 36.8 Å². The normalized spacial score (nSPS) is 16.6. The molecule has 1 amide bonds. The zero-order chi connectivity index (χ0) is 17.4. The molecule has 2 aromatic carbocycles. The summed E-state index contributed by atoms with van der Waals surface area (Å²) in [6.07, 6.45) is 2.21. The molecule has 1 aliphatic heterocycles. The monoisotopic (exact) mass is 333 g/mol. The SMILES string of the molecule is Cc1ccc(CNC(=O)c2ccc3c(c2)nc2n3CC[C@H](C)C2)cc1. The molecule has 0 radical (unpaired) electrons. The minimum absolute atomic E-state index is 0.0539. The predicted molar refractivity (Wildman–Crippen MR) is 99.6 cm³/mol. The van der Waals surface area contributed by atoms with E-state index in [-0.39, 0.29) is 5.91 Å². The van der Waals surface area contributed by atoms with Crippen LogP contribution in [-0.4, -0.2) is 15.5 Å². The highest BCUT2D eigenvalue weighted by molar-refractivity contribution is 5.97. The van der Waals surface area contributed by atoms with E-state index in [2.05, 4.69) is 35.9 Å². The molecule has 1 aliphatic rings. The van der Waals surface area contributed by atoms with Gasteiger partial charge in [-0.05, 0) is 43.0 Å². The molecule has 4 rings (SSSR count). The van der Waals surface area contributed by atoms with Gasteiger partial charge in [-0.15, -0.1) is 0 Å². The fourth-order valence-electron chi connectivity index (χ4n) is 3.48. The van der Waals surface area contributed by atoms with Crippen molar-refractivity contribution < 1.29 is 4.79 Å².